The molecule has 0 saturated heterocycles. The van der Waals surface area contributed by atoms with Crippen molar-refractivity contribution in [2.24, 2.45) is 0 Å². The molecule has 0 bridgehead atoms. The highest BCUT2D eigenvalue weighted by Gasteiger charge is 2.29. The fourth-order valence-electron chi connectivity index (χ4n) is 1.39. The van der Waals surface area contributed by atoms with E-state index in [0.717, 1.165) is 17.9 Å². The molecule has 70 valence electrons. The Hall–Kier alpha value is -0.540. The first-order valence-electron chi connectivity index (χ1n) is 4.49. The predicted molar refractivity (Wildman–Crippen MR) is 53.9 cm³/mol. The largest absolute Gasteiger partial charge is 0.381 e. The van der Waals surface area contributed by atoms with E-state index in [9.17, 15) is 0 Å². The monoisotopic (exact) mass is 195 g/mol. The molecule has 1 fully saturated rings. The first-order valence-corrected chi connectivity index (χ1v) is 5.37. The third-order valence-electron chi connectivity index (χ3n) is 2.31. The smallest absolute Gasteiger partial charge is 0.0962 e. The first kappa shape index (κ1) is 9.03. The van der Waals surface area contributed by atoms with Crippen molar-refractivity contribution in [2.75, 3.05) is 7.11 Å². The van der Waals surface area contributed by atoms with Crippen LogP contribution >= 0.6 is 11.8 Å². The molecule has 0 aromatic carbocycles. The van der Waals surface area contributed by atoms with Crippen molar-refractivity contribution in [1.29, 1.82) is 0 Å². The Morgan fingerprint density at radius 3 is 2.92 bits per heavy atom. The Bertz CT molecular complexity index is 259. The van der Waals surface area contributed by atoms with Crippen LogP contribution in [0.1, 0.15) is 12.8 Å². The summed E-state index contributed by atoms with van der Waals surface area (Å²) in [6.07, 6.45) is 4.66. The molecular formula is C10H13NOS. The van der Waals surface area contributed by atoms with E-state index in [2.05, 4.69) is 11.1 Å². The molecule has 13 heavy (non-hydrogen) atoms. The lowest BCUT2D eigenvalue weighted by Crippen LogP contribution is -2.32. The minimum Gasteiger partial charge on any atom is -0.381 e. The maximum Gasteiger partial charge on any atom is 0.0962 e. The van der Waals surface area contributed by atoms with Gasteiger partial charge in [-0.2, -0.15) is 0 Å². The van der Waals surface area contributed by atoms with Crippen LogP contribution in [0.15, 0.2) is 29.4 Å². The first-order chi connectivity index (χ1) is 6.38. The van der Waals surface area contributed by atoms with E-state index in [0.29, 0.717) is 11.4 Å². The van der Waals surface area contributed by atoms with Gasteiger partial charge in [0.05, 0.1) is 11.1 Å². The highest BCUT2D eigenvalue weighted by molar-refractivity contribution is 7.99. The van der Waals surface area contributed by atoms with Gasteiger partial charge in [0.2, 0.25) is 0 Å². The summed E-state index contributed by atoms with van der Waals surface area (Å²) < 4.78 is 5.22. The summed E-state index contributed by atoms with van der Waals surface area (Å²) >= 11 is 1.86. The van der Waals surface area contributed by atoms with Gasteiger partial charge in [0, 0.05) is 18.6 Å². The summed E-state index contributed by atoms with van der Waals surface area (Å²) in [5.74, 6) is 0. The second kappa shape index (κ2) is 4.11. The number of methoxy groups -OCH3 is 1. The van der Waals surface area contributed by atoms with Gasteiger partial charge in [-0.05, 0) is 25.0 Å². The minimum atomic E-state index is 0.487. The van der Waals surface area contributed by atoms with Gasteiger partial charge in [-0.3, -0.25) is 0 Å². The third kappa shape index (κ3) is 2.23. The molecule has 1 aromatic rings. The molecule has 1 saturated carbocycles. The average Bonchev–Trinajstić information content (AvgIpc) is 2.12. The van der Waals surface area contributed by atoms with E-state index in [1.165, 1.54) is 0 Å². The highest BCUT2D eigenvalue weighted by atomic mass is 32.2. The Labute approximate surface area is 82.7 Å². The van der Waals surface area contributed by atoms with Crippen molar-refractivity contribution in [3.8, 4) is 0 Å². The van der Waals surface area contributed by atoms with Crippen LogP contribution in [0.4, 0.5) is 0 Å². The average molecular weight is 195 g/mol. The van der Waals surface area contributed by atoms with Crippen LogP contribution in [-0.2, 0) is 4.74 Å². The molecule has 1 aliphatic rings. The van der Waals surface area contributed by atoms with Gasteiger partial charge in [0.25, 0.3) is 0 Å². The molecule has 0 spiro atoms. The molecule has 0 atom stereocenters. The second-order valence-corrected chi connectivity index (χ2v) is 4.56. The molecular weight excluding hydrogens is 182 g/mol. The minimum absolute atomic E-state index is 0.487. The maximum atomic E-state index is 5.22. The Morgan fingerprint density at radius 2 is 2.31 bits per heavy atom. The maximum absolute atomic E-state index is 5.22. The van der Waals surface area contributed by atoms with Crippen LogP contribution < -0.4 is 0 Å². The number of hydrogen-bond donors (Lipinski definition) is 0. The van der Waals surface area contributed by atoms with Gasteiger partial charge < -0.3 is 4.74 Å². The van der Waals surface area contributed by atoms with Gasteiger partial charge >= 0.3 is 0 Å². The van der Waals surface area contributed by atoms with Crippen molar-refractivity contribution in [2.45, 2.75) is 29.2 Å². The van der Waals surface area contributed by atoms with Crippen LogP contribution in [-0.4, -0.2) is 23.4 Å². The quantitative estimate of drug-likeness (QED) is 0.739. The molecule has 2 rings (SSSR count). The van der Waals surface area contributed by atoms with Gasteiger partial charge in [0.15, 0.2) is 0 Å². The van der Waals surface area contributed by atoms with Crippen LogP contribution in [0, 0.1) is 0 Å². The van der Waals surface area contributed by atoms with Gasteiger partial charge in [-0.1, -0.05) is 6.07 Å². The molecule has 1 aromatic heterocycles. The van der Waals surface area contributed by atoms with E-state index < -0.39 is 0 Å². The summed E-state index contributed by atoms with van der Waals surface area (Å²) in [4.78, 5) is 4.27. The summed E-state index contributed by atoms with van der Waals surface area (Å²) in [6.45, 7) is 0. The fraction of sp³-hybridized carbons (Fsp3) is 0.500. The van der Waals surface area contributed by atoms with Crippen LogP contribution in [0.3, 0.4) is 0 Å². The molecule has 3 heteroatoms. The van der Waals surface area contributed by atoms with Gasteiger partial charge in [-0.25, -0.2) is 4.98 Å². The Morgan fingerprint density at radius 1 is 1.46 bits per heavy atom. The SMILES string of the molecule is COC1CC(Sc2ccccn2)C1. The molecule has 0 aliphatic heterocycles. The second-order valence-electron chi connectivity index (χ2n) is 3.24. The number of hydrogen-bond acceptors (Lipinski definition) is 3. The number of nitrogens with zero attached hydrogens (tertiary/aromatic N) is 1. The predicted octanol–water partition coefficient (Wildman–Crippen LogP) is 2.35. The van der Waals surface area contributed by atoms with Gasteiger partial charge in [0.1, 0.15) is 0 Å². The Kier molecular flexibility index (Phi) is 2.86. The van der Waals surface area contributed by atoms with Crippen molar-refractivity contribution < 1.29 is 4.74 Å². The zero-order chi connectivity index (χ0) is 9.10. The molecule has 1 heterocycles. The van der Waals surface area contributed by atoms with Crippen LogP contribution in [0.25, 0.3) is 0 Å². The van der Waals surface area contributed by atoms with Crippen LogP contribution in [0.5, 0.6) is 0 Å². The number of thioether (sulfide) groups is 1. The van der Waals surface area contributed by atoms with E-state index >= 15 is 0 Å². The number of pyridine rings is 1. The molecule has 0 radical (unpaired) electrons. The summed E-state index contributed by atoms with van der Waals surface area (Å²) in [7, 11) is 1.78. The van der Waals surface area contributed by atoms with E-state index in [-0.39, 0.29) is 0 Å². The molecule has 0 N–H and O–H groups in total. The van der Waals surface area contributed by atoms with Crippen molar-refractivity contribution in [3.05, 3.63) is 24.4 Å². The summed E-state index contributed by atoms with van der Waals surface area (Å²) in [5.41, 5.74) is 0. The summed E-state index contributed by atoms with van der Waals surface area (Å²) in [6, 6.07) is 6.04. The fourth-order valence-corrected chi connectivity index (χ4v) is 2.64. The summed E-state index contributed by atoms with van der Waals surface area (Å²) in [5, 5.41) is 1.84. The number of aromatic nitrogens is 1. The standard InChI is InChI=1S/C10H13NOS/c1-12-8-6-9(7-8)13-10-4-2-3-5-11-10/h2-5,8-9H,6-7H2,1H3. The zero-order valence-electron chi connectivity index (χ0n) is 7.64. The Balaban J connectivity index is 1.81. The third-order valence-corrected chi connectivity index (χ3v) is 3.51. The normalized spacial score (nSPS) is 26.8. The van der Waals surface area contributed by atoms with Crippen molar-refractivity contribution in [1.82, 2.24) is 4.98 Å². The topological polar surface area (TPSA) is 22.1 Å². The molecule has 0 amide bonds. The lowest BCUT2D eigenvalue weighted by Gasteiger charge is -2.33. The molecule has 2 nitrogen and oxygen atoms in total. The van der Waals surface area contributed by atoms with E-state index in [1.54, 1.807) is 7.11 Å². The van der Waals surface area contributed by atoms with Crippen LogP contribution in [0.2, 0.25) is 0 Å². The molecule has 1 aliphatic carbocycles. The zero-order valence-corrected chi connectivity index (χ0v) is 8.46. The van der Waals surface area contributed by atoms with Crippen molar-refractivity contribution >= 4 is 11.8 Å². The van der Waals surface area contributed by atoms with E-state index in [1.807, 2.05) is 30.1 Å². The number of ether oxygens (including phenoxy) is 1. The number of rotatable bonds is 3. The van der Waals surface area contributed by atoms with Gasteiger partial charge in [-0.15, -0.1) is 11.8 Å². The molecule has 0 unspecified atom stereocenters. The lowest BCUT2D eigenvalue weighted by atomic mass is 9.95. The lowest BCUT2D eigenvalue weighted by molar-refractivity contribution is 0.0457. The van der Waals surface area contributed by atoms with Crippen molar-refractivity contribution in [3.63, 3.8) is 0 Å². The highest BCUT2D eigenvalue weighted by Crippen LogP contribution is 2.36. The van der Waals surface area contributed by atoms with E-state index in [4.69, 9.17) is 4.74 Å².